The predicted octanol–water partition coefficient (Wildman–Crippen LogP) is 2.18. The van der Waals surface area contributed by atoms with Gasteiger partial charge in [-0.15, -0.1) is 12.4 Å². The molecule has 0 spiro atoms. The second-order valence-corrected chi connectivity index (χ2v) is 5.96. The summed E-state index contributed by atoms with van der Waals surface area (Å²) in [7, 11) is 1.98. The average molecular weight is 340 g/mol. The highest BCUT2D eigenvalue weighted by Gasteiger charge is 2.20. The molecule has 6 heteroatoms. The summed E-state index contributed by atoms with van der Waals surface area (Å²) in [4.78, 5) is 25.7. The molecule has 0 bridgehead atoms. The highest BCUT2D eigenvalue weighted by Crippen LogP contribution is 2.16. The van der Waals surface area contributed by atoms with E-state index in [9.17, 15) is 9.59 Å². The van der Waals surface area contributed by atoms with Crippen LogP contribution in [0.1, 0.15) is 30.1 Å². The van der Waals surface area contributed by atoms with E-state index in [2.05, 4.69) is 15.5 Å². The highest BCUT2D eigenvalue weighted by atomic mass is 35.5. The topological polar surface area (TPSA) is 61.4 Å². The second kappa shape index (κ2) is 9.65. The molecule has 1 fully saturated rings. The van der Waals surface area contributed by atoms with Crippen molar-refractivity contribution in [3.63, 3.8) is 0 Å². The van der Waals surface area contributed by atoms with Gasteiger partial charge in [-0.05, 0) is 64.5 Å². The van der Waals surface area contributed by atoms with E-state index < -0.39 is 0 Å². The van der Waals surface area contributed by atoms with E-state index in [4.69, 9.17) is 0 Å². The molecular weight excluding hydrogens is 314 g/mol. The van der Waals surface area contributed by atoms with E-state index in [1.807, 2.05) is 13.1 Å². The Hall–Kier alpha value is -1.43. The largest absolute Gasteiger partial charge is 0.325 e. The SMILES string of the molecule is CNCC1CCN(CC(=O)Nc2cccc(C(C)=O)c2)CC1.Cl. The molecule has 2 N–H and O–H groups in total. The van der Waals surface area contributed by atoms with Crippen LogP contribution in [-0.2, 0) is 4.79 Å². The van der Waals surface area contributed by atoms with Gasteiger partial charge in [-0.1, -0.05) is 12.1 Å². The van der Waals surface area contributed by atoms with E-state index >= 15 is 0 Å². The quantitative estimate of drug-likeness (QED) is 0.780. The molecule has 1 aliphatic heterocycles. The minimum atomic E-state index is -0.0206. The Morgan fingerprint density at radius 3 is 2.57 bits per heavy atom. The van der Waals surface area contributed by atoms with E-state index in [1.54, 1.807) is 18.2 Å². The average Bonchev–Trinajstić information content (AvgIpc) is 2.49. The number of halogens is 1. The molecule has 0 aromatic heterocycles. The van der Waals surface area contributed by atoms with Crippen LogP contribution in [0, 0.1) is 5.92 Å². The summed E-state index contributed by atoms with van der Waals surface area (Å²) in [5.41, 5.74) is 1.30. The standard InChI is InChI=1S/C17H25N3O2.ClH/c1-13(21)15-4-3-5-16(10-15)19-17(22)12-20-8-6-14(7-9-20)11-18-2;/h3-5,10,14,18H,6-9,11-12H2,1-2H3,(H,19,22);1H. The number of benzene rings is 1. The molecule has 1 heterocycles. The smallest absolute Gasteiger partial charge is 0.238 e. The summed E-state index contributed by atoms with van der Waals surface area (Å²) in [5, 5.41) is 6.09. The first kappa shape index (κ1) is 19.6. The summed E-state index contributed by atoms with van der Waals surface area (Å²) < 4.78 is 0. The lowest BCUT2D eigenvalue weighted by molar-refractivity contribution is -0.117. The number of likely N-dealkylation sites (tertiary alicyclic amines) is 1. The normalized spacial score (nSPS) is 15.7. The number of hydrogen-bond donors (Lipinski definition) is 2. The number of ketones is 1. The van der Waals surface area contributed by atoms with Crippen LogP contribution < -0.4 is 10.6 Å². The van der Waals surface area contributed by atoms with Gasteiger partial charge in [-0.3, -0.25) is 14.5 Å². The molecule has 1 saturated heterocycles. The molecule has 0 unspecified atom stereocenters. The van der Waals surface area contributed by atoms with Crippen LogP contribution >= 0.6 is 12.4 Å². The minimum Gasteiger partial charge on any atom is -0.325 e. The first-order valence-corrected chi connectivity index (χ1v) is 7.86. The van der Waals surface area contributed by atoms with E-state index in [0.29, 0.717) is 17.8 Å². The van der Waals surface area contributed by atoms with Crippen LogP contribution in [0.5, 0.6) is 0 Å². The van der Waals surface area contributed by atoms with Gasteiger partial charge < -0.3 is 10.6 Å². The number of piperidine rings is 1. The van der Waals surface area contributed by atoms with Gasteiger partial charge in [-0.25, -0.2) is 0 Å². The molecule has 2 rings (SSSR count). The number of hydrogen-bond acceptors (Lipinski definition) is 4. The second-order valence-electron chi connectivity index (χ2n) is 5.96. The fourth-order valence-electron chi connectivity index (χ4n) is 2.86. The van der Waals surface area contributed by atoms with Crippen LogP contribution in [0.2, 0.25) is 0 Å². The number of amides is 1. The van der Waals surface area contributed by atoms with E-state index in [-0.39, 0.29) is 24.1 Å². The van der Waals surface area contributed by atoms with Crippen LogP contribution in [0.3, 0.4) is 0 Å². The summed E-state index contributed by atoms with van der Waals surface area (Å²) in [6, 6.07) is 7.07. The Morgan fingerprint density at radius 1 is 1.26 bits per heavy atom. The van der Waals surface area contributed by atoms with Crippen molar-refractivity contribution in [1.82, 2.24) is 10.2 Å². The van der Waals surface area contributed by atoms with E-state index in [0.717, 1.165) is 38.4 Å². The van der Waals surface area contributed by atoms with Gasteiger partial charge >= 0.3 is 0 Å². The molecule has 0 aliphatic carbocycles. The Labute approximate surface area is 144 Å². The minimum absolute atomic E-state index is 0. The van der Waals surface area contributed by atoms with Crippen molar-refractivity contribution in [3.8, 4) is 0 Å². The number of carbonyl (C=O) groups excluding carboxylic acids is 2. The zero-order valence-electron chi connectivity index (χ0n) is 13.8. The van der Waals surface area contributed by atoms with Gasteiger partial charge in [0.05, 0.1) is 6.54 Å². The molecule has 1 amide bonds. The van der Waals surface area contributed by atoms with Crippen molar-refractivity contribution in [3.05, 3.63) is 29.8 Å². The Balaban J connectivity index is 0.00000264. The maximum absolute atomic E-state index is 12.1. The summed E-state index contributed by atoms with van der Waals surface area (Å²) >= 11 is 0. The molecule has 5 nitrogen and oxygen atoms in total. The third-order valence-electron chi connectivity index (χ3n) is 4.12. The Bertz CT molecular complexity index is 528. The zero-order chi connectivity index (χ0) is 15.9. The Morgan fingerprint density at radius 2 is 1.96 bits per heavy atom. The van der Waals surface area contributed by atoms with Gasteiger partial charge in [0, 0.05) is 11.3 Å². The maximum Gasteiger partial charge on any atom is 0.238 e. The highest BCUT2D eigenvalue weighted by molar-refractivity contribution is 5.97. The number of nitrogens with zero attached hydrogens (tertiary/aromatic N) is 1. The summed E-state index contributed by atoms with van der Waals surface area (Å²) in [6.45, 7) is 4.92. The van der Waals surface area contributed by atoms with Gasteiger partial charge in [0.1, 0.15) is 0 Å². The number of Topliss-reactive ketones (excluding diaryl/α,β-unsaturated/α-hetero) is 1. The lowest BCUT2D eigenvalue weighted by Crippen LogP contribution is -2.40. The van der Waals surface area contributed by atoms with Gasteiger partial charge in [0.2, 0.25) is 5.91 Å². The van der Waals surface area contributed by atoms with Crippen molar-refractivity contribution < 1.29 is 9.59 Å². The van der Waals surface area contributed by atoms with Crippen molar-refractivity contribution in [1.29, 1.82) is 0 Å². The van der Waals surface area contributed by atoms with Gasteiger partial charge in [-0.2, -0.15) is 0 Å². The molecular formula is C17H26ClN3O2. The molecule has 0 saturated carbocycles. The predicted molar refractivity (Wildman–Crippen MR) is 95.4 cm³/mol. The van der Waals surface area contributed by atoms with Crippen LogP contribution in [0.4, 0.5) is 5.69 Å². The molecule has 0 radical (unpaired) electrons. The first-order chi connectivity index (χ1) is 10.6. The number of anilines is 1. The molecule has 128 valence electrons. The monoisotopic (exact) mass is 339 g/mol. The lowest BCUT2D eigenvalue weighted by atomic mass is 9.97. The van der Waals surface area contributed by atoms with Gasteiger partial charge in [0.25, 0.3) is 0 Å². The van der Waals surface area contributed by atoms with E-state index in [1.165, 1.54) is 6.92 Å². The zero-order valence-corrected chi connectivity index (χ0v) is 14.6. The molecule has 0 atom stereocenters. The van der Waals surface area contributed by atoms with Crippen LogP contribution in [0.25, 0.3) is 0 Å². The summed E-state index contributed by atoms with van der Waals surface area (Å²) in [6.07, 6.45) is 2.27. The maximum atomic E-state index is 12.1. The fraction of sp³-hybridized carbons (Fsp3) is 0.529. The van der Waals surface area contributed by atoms with Crippen molar-refractivity contribution >= 4 is 29.8 Å². The summed E-state index contributed by atoms with van der Waals surface area (Å²) in [5.74, 6) is 0.701. The van der Waals surface area contributed by atoms with Crippen molar-refractivity contribution in [2.24, 2.45) is 5.92 Å². The fourth-order valence-corrected chi connectivity index (χ4v) is 2.86. The number of rotatable bonds is 6. The third-order valence-corrected chi connectivity index (χ3v) is 4.12. The van der Waals surface area contributed by atoms with Crippen LogP contribution in [-0.4, -0.2) is 49.8 Å². The molecule has 1 aromatic carbocycles. The number of carbonyl (C=O) groups is 2. The molecule has 1 aromatic rings. The van der Waals surface area contributed by atoms with Crippen molar-refractivity contribution in [2.75, 3.05) is 38.5 Å². The Kier molecular flexibility index (Phi) is 8.23. The van der Waals surface area contributed by atoms with Crippen LogP contribution in [0.15, 0.2) is 24.3 Å². The van der Waals surface area contributed by atoms with Gasteiger partial charge in [0.15, 0.2) is 5.78 Å². The number of nitrogens with one attached hydrogen (secondary N) is 2. The molecule has 1 aliphatic rings. The van der Waals surface area contributed by atoms with Crippen molar-refractivity contribution in [2.45, 2.75) is 19.8 Å². The third kappa shape index (κ3) is 6.29. The lowest BCUT2D eigenvalue weighted by Gasteiger charge is -2.31. The first-order valence-electron chi connectivity index (χ1n) is 7.86. The molecule has 23 heavy (non-hydrogen) atoms.